The minimum atomic E-state index is 0.261. The summed E-state index contributed by atoms with van der Waals surface area (Å²) in [6.07, 6.45) is 2.92. The van der Waals surface area contributed by atoms with Gasteiger partial charge in [-0.15, -0.1) is 0 Å². The van der Waals surface area contributed by atoms with Crippen molar-refractivity contribution in [3.63, 3.8) is 0 Å². The molecule has 0 aromatic heterocycles. The molecule has 1 saturated heterocycles. The van der Waals surface area contributed by atoms with E-state index in [2.05, 4.69) is 32.0 Å². The highest BCUT2D eigenvalue weighted by Crippen LogP contribution is 2.63. The zero-order valence-electron chi connectivity index (χ0n) is 11.8. The summed E-state index contributed by atoms with van der Waals surface area (Å²) in [5, 5.41) is 0. The SMILES string of the molecule is CC(C)(c1ccc2c(c1)OCCO2)C1BC2CCC21. The fourth-order valence-corrected chi connectivity index (χ4v) is 4.21. The van der Waals surface area contributed by atoms with Crippen molar-refractivity contribution < 1.29 is 9.47 Å². The molecule has 0 radical (unpaired) electrons. The molecule has 1 aromatic carbocycles. The fraction of sp³-hybridized carbons (Fsp3) is 0.625. The van der Waals surface area contributed by atoms with Gasteiger partial charge < -0.3 is 9.47 Å². The molecule has 0 spiro atoms. The van der Waals surface area contributed by atoms with Gasteiger partial charge in [0.25, 0.3) is 0 Å². The second-order valence-corrected chi connectivity index (χ2v) is 6.92. The second kappa shape index (κ2) is 3.94. The average Bonchev–Trinajstić information content (AvgIpc) is 2.41. The zero-order valence-corrected chi connectivity index (χ0v) is 11.8. The minimum absolute atomic E-state index is 0.261. The molecular weight excluding hydrogens is 235 g/mol. The number of fused-ring (bicyclic) bond motifs is 2. The lowest BCUT2D eigenvalue weighted by Crippen LogP contribution is -2.51. The van der Waals surface area contributed by atoms with Crippen LogP contribution in [0.1, 0.15) is 32.3 Å². The first kappa shape index (κ1) is 11.7. The average molecular weight is 256 g/mol. The number of rotatable bonds is 2. The lowest BCUT2D eigenvalue weighted by molar-refractivity contribution is 0.169. The van der Waals surface area contributed by atoms with Gasteiger partial charge in [0.05, 0.1) is 0 Å². The Hall–Kier alpha value is -1.12. The Kier molecular flexibility index (Phi) is 2.42. The summed E-state index contributed by atoms with van der Waals surface area (Å²) in [7, 11) is 1.42. The van der Waals surface area contributed by atoms with Crippen molar-refractivity contribution in [1.29, 1.82) is 0 Å². The lowest BCUT2D eigenvalue weighted by atomic mass is 9.24. The Bertz CT molecular complexity index is 511. The normalized spacial score (nSPS) is 31.6. The molecular formula is C16H21BO2. The molecule has 3 heteroatoms. The quantitative estimate of drug-likeness (QED) is 0.756. The maximum absolute atomic E-state index is 5.73. The van der Waals surface area contributed by atoms with Gasteiger partial charge in [-0.25, -0.2) is 0 Å². The maximum atomic E-state index is 5.73. The van der Waals surface area contributed by atoms with Crippen molar-refractivity contribution in [3.05, 3.63) is 23.8 Å². The Morgan fingerprint density at radius 2 is 1.89 bits per heavy atom. The van der Waals surface area contributed by atoms with E-state index in [4.69, 9.17) is 9.47 Å². The van der Waals surface area contributed by atoms with Crippen molar-refractivity contribution >= 4 is 7.28 Å². The van der Waals surface area contributed by atoms with E-state index in [1.54, 1.807) is 0 Å². The number of hydrogen-bond acceptors (Lipinski definition) is 2. The van der Waals surface area contributed by atoms with E-state index >= 15 is 0 Å². The van der Waals surface area contributed by atoms with Gasteiger partial charge in [0.2, 0.25) is 0 Å². The van der Waals surface area contributed by atoms with Gasteiger partial charge in [-0.1, -0.05) is 44.4 Å². The third kappa shape index (κ3) is 1.63. The smallest absolute Gasteiger partial charge is 0.161 e. The highest BCUT2D eigenvalue weighted by atomic mass is 16.6. The van der Waals surface area contributed by atoms with Crippen LogP contribution in [-0.2, 0) is 5.41 Å². The summed E-state index contributed by atoms with van der Waals surface area (Å²) < 4.78 is 11.3. The van der Waals surface area contributed by atoms with Crippen LogP contribution in [0.4, 0.5) is 0 Å². The van der Waals surface area contributed by atoms with Gasteiger partial charge in [-0.2, -0.15) is 0 Å². The Labute approximate surface area is 115 Å². The summed E-state index contributed by atoms with van der Waals surface area (Å²) in [5.41, 5.74) is 1.67. The van der Waals surface area contributed by atoms with Crippen LogP contribution in [0.15, 0.2) is 18.2 Å². The number of ether oxygens (including phenoxy) is 2. The van der Waals surface area contributed by atoms with E-state index in [0.29, 0.717) is 13.2 Å². The molecule has 100 valence electrons. The van der Waals surface area contributed by atoms with Crippen LogP contribution in [0.5, 0.6) is 11.5 Å². The summed E-state index contributed by atoms with van der Waals surface area (Å²) in [6.45, 7) is 6.14. The minimum Gasteiger partial charge on any atom is -0.486 e. The Morgan fingerprint density at radius 1 is 1.11 bits per heavy atom. The molecule has 2 heterocycles. The van der Waals surface area contributed by atoms with Crippen molar-refractivity contribution in [1.82, 2.24) is 0 Å². The molecule has 0 bridgehead atoms. The van der Waals surface area contributed by atoms with Crippen molar-refractivity contribution in [2.24, 2.45) is 5.92 Å². The molecule has 0 amide bonds. The van der Waals surface area contributed by atoms with Gasteiger partial charge >= 0.3 is 0 Å². The highest BCUT2D eigenvalue weighted by molar-refractivity contribution is 6.45. The lowest BCUT2D eigenvalue weighted by Gasteiger charge is -2.58. The zero-order chi connectivity index (χ0) is 13.0. The first-order valence-electron chi connectivity index (χ1n) is 7.56. The van der Waals surface area contributed by atoms with Gasteiger partial charge in [0, 0.05) is 0 Å². The van der Waals surface area contributed by atoms with Gasteiger partial charge in [0.15, 0.2) is 11.5 Å². The number of hydrogen-bond donors (Lipinski definition) is 0. The molecule has 1 aliphatic carbocycles. The predicted octanol–water partition coefficient (Wildman–Crippen LogP) is 3.17. The molecule has 3 aliphatic rings. The molecule has 0 N–H and O–H groups in total. The Morgan fingerprint density at radius 3 is 2.53 bits per heavy atom. The van der Waals surface area contributed by atoms with E-state index in [9.17, 15) is 0 Å². The van der Waals surface area contributed by atoms with E-state index in [0.717, 1.165) is 29.1 Å². The summed E-state index contributed by atoms with van der Waals surface area (Å²) in [4.78, 5) is 0. The van der Waals surface area contributed by atoms with Crippen LogP contribution < -0.4 is 9.47 Å². The summed E-state index contributed by atoms with van der Waals surface area (Å²) in [6, 6.07) is 6.53. The third-order valence-electron chi connectivity index (χ3n) is 5.76. The Balaban J connectivity index is 1.63. The van der Waals surface area contributed by atoms with Crippen LogP contribution in [-0.4, -0.2) is 20.5 Å². The molecule has 2 aliphatic heterocycles. The molecule has 3 atom stereocenters. The van der Waals surface area contributed by atoms with Crippen LogP contribution >= 0.6 is 0 Å². The molecule has 19 heavy (non-hydrogen) atoms. The van der Waals surface area contributed by atoms with Gasteiger partial charge in [-0.05, 0) is 29.0 Å². The number of benzene rings is 1. The van der Waals surface area contributed by atoms with Crippen molar-refractivity contribution in [2.75, 3.05) is 13.2 Å². The first-order valence-corrected chi connectivity index (χ1v) is 7.56. The topological polar surface area (TPSA) is 18.5 Å². The molecule has 1 saturated carbocycles. The molecule has 2 fully saturated rings. The second-order valence-electron chi connectivity index (χ2n) is 6.92. The maximum Gasteiger partial charge on any atom is 0.161 e. The van der Waals surface area contributed by atoms with Crippen LogP contribution in [0.2, 0.25) is 11.6 Å². The molecule has 4 rings (SSSR count). The predicted molar refractivity (Wildman–Crippen MR) is 77.8 cm³/mol. The largest absolute Gasteiger partial charge is 0.486 e. The van der Waals surface area contributed by atoms with Crippen LogP contribution in [0.3, 0.4) is 0 Å². The first-order chi connectivity index (χ1) is 9.16. The van der Waals surface area contributed by atoms with Crippen molar-refractivity contribution in [2.45, 2.75) is 43.7 Å². The van der Waals surface area contributed by atoms with E-state index < -0.39 is 0 Å². The standard InChI is InChI=1S/C16H21BO2/c1-16(2,15-11-4-5-12(11)17-15)10-3-6-13-14(9-10)19-8-7-18-13/h3,6,9,11-12,15,17H,4-5,7-8H2,1-2H3. The third-order valence-corrected chi connectivity index (χ3v) is 5.76. The molecule has 2 nitrogen and oxygen atoms in total. The fourth-order valence-electron chi connectivity index (χ4n) is 4.21. The van der Waals surface area contributed by atoms with Crippen LogP contribution in [0, 0.1) is 5.92 Å². The molecule has 3 unspecified atom stereocenters. The summed E-state index contributed by atoms with van der Waals surface area (Å²) >= 11 is 0. The van der Waals surface area contributed by atoms with E-state index in [-0.39, 0.29) is 5.41 Å². The highest BCUT2D eigenvalue weighted by Gasteiger charge is 2.53. The van der Waals surface area contributed by atoms with Gasteiger partial charge in [0.1, 0.15) is 20.5 Å². The molecule has 1 aromatic rings. The van der Waals surface area contributed by atoms with Gasteiger partial charge in [-0.3, -0.25) is 0 Å². The van der Waals surface area contributed by atoms with Crippen molar-refractivity contribution in [3.8, 4) is 11.5 Å². The van der Waals surface area contributed by atoms with E-state index in [1.165, 1.54) is 25.7 Å². The monoisotopic (exact) mass is 256 g/mol. The summed E-state index contributed by atoms with van der Waals surface area (Å²) in [5.74, 6) is 4.72. The van der Waals surface area contributed by atoms with Crippen LogP contribution in [0.25, 0.3) is 0 Å². The van der Waals surface area contributed by atoms with E-state index in [1.807, 2.05) is 0 Å².